The Bertz CT molecular complexity index is 492. The van der Waals surface area contributed by atoms with E-state index in [-0.39, 0.29) is 0 Å². The van der Waals surface area contributed by atoms with Gasteiger partial charge in [0.15, 0.2) is 5.82 Å². The van der Waals surface area contributed by atoms with Crippen LogP contribution in [0.1, 0.15) is 45.6 Å². The number of unbranched alkanes of at least 4 members (excludes halogenated alkanes) is 2. The van der Waals surface area contributed by atoms with E-state index >= 15 is 0 Å². The molecular formula is C16H24N4O. The van der Waals surface area contributed by atoms with Crippen molar-refractivity contribution < 1.29 is 4.84 Å². The van der Waals surface area contributed by atoms with E-state index in [4.69, 9.17) is 4.84 Å². The summed E-state index contributed by atoms with van der Waals surface area (Å²) in [6.45, 7) is 6.59. The lowest BCUT2D eigenvalue weighted by Gasteiger charge is -2.02. The van der Waals surface area contributed by atoms with Crippen LogP contribution in [0.4, 0.5) is 0 Å². The van der Waals surface area contributed by atoms with Gasteiger partial charge in [0.05, 0.1) is 0 Å². The molecule has 0 aliphatic carbocycles. The third-order valence-electron chi connectivity index (χ3n) is 2.62. The molecule has 2 aromatic rings. The number of pyridine rings is 1. The van der Waals surface area contributed by atoms with Crippen LogP contribution in [0, 0.1) is 0 Å². The highest BCUT2D eigenvalue weighted by atomic mass is 16.6. The Morgan fingerprint density at radius 3 is 2.81 bits per heavy atom. The zero-order valence-corrected chi connectivity index (χ0v) is 13.1. The Morgan fingerprint density at radius 2 is 2.19 bits per heavy atom. The predicted molar refractivity (Wildman–Crippen MR) is 85.5 cm³/mol. The van der Waals surface area contributed by atoms with Gasteiger partial charge in [-0.25, -0.2) is 9.67 Å². The molecule has 0 amide bonds. The molecular weight excluding hydrogens is 264 g/mol. The van der Waals surface area contributed by atoms with Gasteiger partial charge in [-0.2, -0.15) is 5.10 Å². The molecule has 2 rings (SSSR count). The minimum atomic E-state index is 0.439. The molecule has 5 nitrogen and oxygen atoms in total. The van der Waals surface area contributed by atoms with E-state index < -0.39 is 0 Å². The first-order chi connectivity index (χ1) is 10.4. The van der Waals surface area contributed by atoms with E-state index in [1.54, 1.807) is 17.1 Å². The van der Waals surface area contributed by atoms with E-state index in [1.165, 1.54) is 6.42 Å². The fourth-order valence-electron chi connectivity index (χ4n) is 1.55. The molecule has 0 saturated carbocycles. The maximum absolute atomic E-state index is 5.20. The van der Waals surface area contributed by atoms with Crippen LogP contribution in [-0.2, 0) is 11.4 Å². The second kappa shape index (κ2) is 10.6. The zero-order valence-electron chi connectivity index (χ0n) is 13.1. The molecule has 0 aromatic carbocycles. The highest BCUT2D eigenvalue weighted by Gasteiger charge is 1.98. The van der Waals surface area contributed by atoms with Gasteiger partial charge < -0.3 is 4.84 Å². The van der Waals surface area contributed by atoms with Gasteiger partial charge >= 0.3 is 0 Å². The molecule has 5 heteroatoms. The molecule has 0 saturated heterocycles. The van der Waals surface area contributed by atoms with Crippen molar-refractivity contribution in [3.05, 3.63) is 42.4 Å². The standard InChI is InChI=1S/C14H18N4O.C2H6/c1-2-3-4-9-17-19-12-13-6-7-14(15-11-13)18-10-5-8-16-18;1-2/h5-11H,2-4,12H2,1H3;1-2H3/b17-9+;. The van der Waals surface area contributed by atoms with Gasteiger partial charge in [-0.05, 0) is 25.0 Å². The van der Waals surface area contributed by atoms with Crippen molar-refractivity contribution in [2.75, 3.05) is 0 Å². The summed E-state index contributed by atoms with van der Waals surface area (Å²) in [7, 11) is 0. The second-order valence-electron chi connectivity index (χ2n) is 4.18. The molecule has 0 aliphatic heterocycles. The van der Waals surface area contributed by atoms with Crippen molar-refractivity contribution in [2.45, 2.75) is 46.6 Å². The van der Waals surface area contributed by atoms with Crippen molar-refractivity contribution >= 4 is 6.21 Å². The van der Waals surface area contributed by atoms with Gasteiger partial charge in [0.1, 0.15) is 6.61 Å². The lowest BCUT2D eigenvalue weighted by molar-refractivity contribution is 0.131. The van der Waals surface area contributed by atoms with Gasteiger partial charge in [0.2, 0.25) is 0 Å². The summed E-state index contributed by atoms with van der Waals surface area (Å²) in [5, 5.41) is 8.03. The fraction of sp³-hybridized carbons (Fsp3) is 0.438. The van der Waals surface area contributed by atoms with Crippen molar-refractivity contribution in [1.82, 2.24) is 14.8 Å². The first-order valence-electron chi connectivity index (χ1n) is 7.49. The highest BCUT2D eigenvalue weighted by molar-refractivity contribution is 5.56. The highest BCUT2D eigenvalue weighted by Crippen LogP contribution is 2.05. The zero-order chi connectivity index (χ0) is 15.3. The summed E-state index contributed by atoms with van der Waals surface area (Å²) in [5.74, 6) is 0.792. The average molecular weight is 288 g/mol. The second-order valence-corrected chi connectivity index (χ2v) is 4.18. The molecule has 114 valence electrons. The molecule has 0 aliphatic rings. The van der Waals surface area contributed by atoms with E-state index in [0.717, 1.165) is 24.2 Å². The monoisotopic (exact) mass is 288 g/mol. The van der Waals surface area contributed by atoms with Crippen LogP contribution in [0.25, 0.3) is 5.82 Å². The number of nitrogens with zero attached hydrogens (tertiary/aromatic N) is 4. The maximum atomic E-state index is 5.20. The van der Waals surface area contributed by atoms with Crippen LogP contribution >= 0.6 is 0 Å². The van der Waals surface area contributed by atoms with Gasteiger partial charge in [-0.1, -0.05) is 38.4 Å². The molecule has 2 aromatic heterocycles. The van der Waals surface area contributed by atoms with Crippen molar-refractivity contribution in [3.63, 3.8) is 0 Å². The Morgan fingerprint density at radius 1 is 1.33 bits per heavy atom. The van der Waals surface area contributed by atoms with Crippen LogP contribution in [-0.4, -0.2) is 21.0 Å². The molecule has 21 heavy (non-hydrogen) atoms. The number of rotatable bonds is 7. The molecule has 2 heterocycles. The summed E-state index contributed by atoms with van der Waals surface area (Å²) in [5.41, 5.74) is 0.989. The minimum absolute atomic E-state index is 0.439. The van der Waals surface area contributed by atoms with Gasteiger partial charge in [0, 0.05) is 30.4 Å². The van der Waals surface area contributed by atoms with Crippen molar-refractivity contribution in [3.8, 4) is 5.82 Å². The third kappa shape index (κ3) is 6.21. The first-order valence-corrected chi connectivity index (χ1v) is 7.49. The molecule has 0 bridgehead atoms. The Kier molecular flexibility index (Phi) is 8.52. The summed E-state index contributed by atoms with van der Waals surface area (Å²) in [6.07, 6.45) is 10.5. The van der Waals surface area contributed by atoms with Crippen LogP contribution in [0.2, 0.25) is 0 Å². The van der Waals surface area contributed by atoms with E-state index in [1.807, 2.05) is 44.5 Å². The van der Waals surface area contributed by atoms with E-state index in [9.17, 15) is 0 Å². The van der Waals surface area contributed by atoms with Crippen LogP contribution in [0.3, 0.4) is 0 Å². The number of hydrogen-bond donors (Lipinski definition) is 0. The maximum Gasteiger partial charge on any atom is 0.153 e. The topological polar surface area (TPSA) is 52.3 Å². The largest absolute Gasteiger partial charge is 0.391 e. The SMILES string of the molecule is CC.CCCC/C=N/OCc1ccc(-n2cccn2)nc1. The predicted octanol–water partition coefficient (Wildman–Crippen LogP) is 3.99. The van der Waals surface area contributed by atoms with Crippen molar-refractivity contribution in [1.29, 1.82) is 0 Å². The van der Waals surface area contributed by atoms with Crippen LogP contribution in [0.15, 0.2) is 41.9 Å². The number of hydrogen-bond acceptors (Lipinski definition) is 4. The Balaban J connectivity index is 0.00000106. The molecule has 0 atom stereocenters. The lowest BCUT2D eigenvalue weighted by Crippen LogP contribution is -1.98. The average Bonchev–Trinajstić information content (AvgIpc) is 3.08. The van der Waals surface area contributed by atoms with Gasteiger partial charge in [0.25, 0.3) is 0 Å². The molecule has 0 unspecified atom stereocenters. The van der Waals surface area contributed by atoms with Crippen molar-refractivity contribution in [2.24, 2.45) is 5.16 Å². The summed E-state index contributed by atoms with van der Waals surface area (Å²) in [4.78, 5) is 9.52. The normalized spacial score (nSPS) is 10.2. The van der Waals surface area contributed by atoms with Gasteiger partial charge in [-0.3, -0.25) is 0 Å². The minimum Gasteiger partial charge on any atom is -0.391 e. The van der Waals surface area contributed by atoms with Gasteiger partial charge in [-0.15, -0.1) is 0 Å². The summed E-state index contributed by atoms with van der Waals surface area (Å²) in [6, 6.07) is 5.74. The summed E-state index contributed by atoms with van der Waals surface area (Å²) < 4.78 is 1.72. The molecule has 0 N–H and O–H groups in total. The fourth-order valence-corrected chi connectivity index (χ4v) is 1.55. The van der Waals surface area contributed by atoms with Crippen LogP contribution in [0.5, 0.6) is 0 Å². The van der Waals surface area contributed by atoms with E-state index in [0.29, 0.717) is 6.61 Å². The smallest absolute Gasteiger partial charge is 0.153 e. The number of aromatic nitrogens is 3. The van der Waals surface area contributed by atoms with Crippen LogP contribution < -0.4 is 0 Å². The Hall–Kier alpha value is -2.17. The molecule has 0 radical (unpaired) electrons. The number of oxime groups is 1. The lowest BCUT2D eigenvalue weighted by atomic mass is 10.3. The third-order valence-corrected chi connectivity index (χ3v) is 2.62. The Labute approximate surface area is 126 Å². The molecule has 0 fully saturated rings. The molecule has 0 spiro atoms. The first kappa shape index (κ1) is 16.9. The summed E-state index contributed by atoms with van der Waals surface area (Å²) >= 11 is 0. The van der Waals surface area contributed by atoms with E-state index in [2.05, 4.69) is 22.2 Å². The quantitative estimate of drug-likeness (QED) is 0.440.